The van der Waals surface area contributed by atoms with E-state index in [4.69, 9.17) is 16.3 Å². The number of carbonyl (C=O) groups excluding carboxylic acids is 1. The maximum absolute atomic E-state index is 10.8. The standard InChI is InChI=1S/C6H12ClNO2/c1-4(10-3)5(7)6(9)8-2/h4-5H,1-3H3,(H,8,9). The first-order valence-corrected chi connectivity index (χ1v) is 3.45. The molecule has 0 aromatic heterocycles. The molecule has 0 aromatic carbocycles. The van der Waals surface area contributed by atoms with Gasteiger partial charge in [-0.3, -0.25) is 4.79 Å². The first-order valence-electron chi connectivity index (χ1n) is 3.02. The first kappa shape index (κ1) is 9.72. The summed E-state index contributed by atoms with van der Waals surface area (Å²) >= 11 is 5.64. The number of methoxy groups -OCH3 is 1. The topological polar surface area (TPSA) is 38.3 Å². The fraction of sp³-hybridized carbons (Fsp3) is 0.833. The zero-order valence-electron chi connectivity index (χ0n) is 6.35. The van der Waals surface area contributed by atoms with E-state index >= 15 is 0 Å². The van der Waals surface area contributed by atoms with Crippen molar-refractivity contribution in [1.82, 2.24) is 5.32 Å². The second kappa shape index (κ2) is 4.52. The molecular weight excluding hydrogens is 154 g/mol. The molecule has 0 aliphatic carbocycles. The molecule has 0 rings (SSSR count). The van der Waals surface area contributed by atoms with E-state index in [2.05, 4.69) is 5.32 Å². The lowest BCUT2D eigenvalue weighted by Gasteiger charge is -2.13. The number of ether oxygens (including phenoxy) is 1. The van der Waals surface area contributed by atoms with Crippen LogP contribution in [0, 0.1) is 0 Å². The highest BCUT2D eigenvalue weighted by Crippen LogP contribution is 2.04. The van der Waals surface area contributed by atoms with Crippen molar-refractivity contribution in [1.29, 1.82) is 0 Å². The van der Waals surface area contributed by atoms with Crippen LogP contribution in [0.25, 0.3) is 0 Å². The van der Waals surface area contributed by atoms with Gasteiger partial charge in [0.05, 0.1) is 6.10 Å². The first-order chi connectivity index (χ1) is 4.63. The van der Waals surface area contributed by atoms with Gasteiger partial charge in [0.15, 0.2) is 0 Å². The minimum Gasteiger partial charge on any atom is -0.380 e. The number of hydrogen-bond donors (Lipinski definition) is 1. The third-order valence-electron chi connectivity index (χ3n) is 1.28. The van der Waals surface area contributed by atoms with Crippen molar-refractivity contribution >= 4 is 17.5 Å². The molecule has 0 saturated carbocycles. The van der Waals surface area contributed by atoms with E-state index in [1.807, 2.05) is 0 Å². The number of hydrogen-bond acceptors (Lipinski definition) is 2. The van der Waals surface area contributed by atoms with E-state index in [0.717, 1.165) is 0 Å². The highest BCUT2D eigenvalue weighted by molar-refractivity contribution is 6.31. The van der Waals surface area contributed by atoms with Crippen LogP contribution in [0.15, 0.2) is 0 Å². The number of carbonyl (C=O) groups is 1. The van der Waals surface area contributed by atoms with Crippen LogP contribution in [0.4, 0.5) is 0 Å². The fourth-order valence-electron chi connectivity index (χ4n) is 0.471. The predicted molar refractivity (Wildman–Crippen MR) is 40.2 cm³/mol. The van der Waals surface area contributed by atoms with Crippen molar-refractivity contribution in [3.8, 4) is 0 Å². The Morgan fingerprint density at radius 2 is 2.20 bits per heavy atom. The number of halogens is 1. The molecular formula is C6H12ClNO2. The van der Waals surface area contributed by atoms with E-state index in [9.17, 15) is 4.79 Å². The number of nitrogens with one attached hydrogen (secondary N) is 1. The number of rotatable bonds is 3. The third-order valence-corrected chi connectivity index (χ3v) is 1.83. The smallest absolute Gasteiger partial charge is 0.240 e. The Bertz CT molecular complexity index is 118. The van der Waals surface area contributed by atoms with E-state index in [0.29, 0.717) is 0 Å². The Morgan fingerprint density at radius 3 is 2.50 bits per heavy atom. The molecule has 0 aromatic rings. The zero-order chi connectivity index (χ0) is 8.15. The van der Waals surface area contributed by atoms with Crippen LogP contribution in [-0.4, -0.2) is 31.5 Å². The lowest BCUT2D eigenvalue weighted by Crippen LogP contribution is -2.36. The van der Waals surface area contributed by atoms with Gasteiger partial charge in [0, 0.05) is 14.2 Å². The lowest BCUT2D eigenvalue weighted by molar-refractivity contribution is -0.122. The van der Waals surface area contributed by atoms with Gasteiger partial charge in [0.25, 0.3) is 0 Å². The van der Waals surface area contributed by atoms with Crippen molar-refractivity contribution in [2.75, 3.05) is 14.2 Å². The Balaban J connectivity index is 3.81. The monoisotopic (exact) mass is 165 g/mol. The van der Waals surface area contributed by atoms with Gasteiger partial charge in [-0.2, -0.15) is 0 Å². The van der Waals surface area contributed by atoms with Crippen LogP contribution < -0.4 is 5.32 Å². The summed E-state index contributed by atoms with van der Waals surface area (Å²) in [4.78, 5) is 10.8. The predicted octanol–water partition coefficient (Wildman–Crippen LogP) is 0.375. The minimum atomic E-state index is -0.602. The Morgan fingerprint density at radius 1 is 1.70 bits per heavy atom. The summed E-state index contributed by atoms with van der Waals surface area (Å²) in [6, 6.07) is 0. The highest BCUT2D eigenvalue weighted by atomic mass is 35.5. The number of alkyl halides is 1. The van der Waals surface area contributed by atoms with Crippen molar-refractivity contribution < 1.29 is 9.53 Å². The molecule has 4 heteroatoms. The molecule has 0 bridgehead atoms. The summed E-state index contributed by atoms with van der Waals surface area (Å²) in [5, 5.41) is 1.83. The molecule has 0 saturated heterocycles. The van der Waals surface area contributed by atoms with Gasteiger partial charge >= 0.3 is 0 Å². The van der Waals surface area contributed by atoms with Crippen LogP contribution >= 0.6 is 11.6 Å². The molecule has 0 spiro atoms. The van der Waals surface area contributed by atoms with Crippen LogP contribution in [0.5, 0.6) is 0 Å². The maximum Gasteiger partial charge on any atom is 0.240 e. The van der Waals surface area contributed by atoms with Crippen molar-refractivity contribution in [2.24, 2.45) is 0 Å². The summed E-state index contributed by atoms with van der Waals surface area (Å²) in [5.41, 5.74) is 0. The molecule has 0 aliphatic heterocycles. The fourth-order valence-corrected chi connectivity index (χ4v) is 0.683. The largest absolute Gasteiger partial charge is 0.380 e. The van der Waals surface area contributed by atoms with Gasteiger partial charge < -0.3 is 10.1 Å². The van der Waals surface area contributed by atoms with Crippen LogP contribution in [-0.2, 0) is 9.53 Å². The second-order valence-corrected chi connectivity index (χ2v) is 2.43. The van der Waals surface area contributed by atoms with Crippen molar-refractivity contribution in [3.63, 3.8) is 0 Å². The van der Waals surface area contributed by atoms with Gasteiger partial charge in [0.1, 0.15) is 5.38 Å². The molecule has 0 fully saturated rings. The third kappa shape index (κ3) is 2.54. The molecule has 0 aliphatic rings. The normalized spacial score (nSPS) is 16.0. The summed E-state index contributed by atoms with van der Waals surface area (Å²) in [6.07, 6.45) is -0.249. The molecule has 2 atom stereocenters. The van der Waals surface area contributed by atoms with E-state index in [1.165, 1.54) is 7.11 Å². The van der Waals surface area contributed by atoms with Crippen LogP contribution in [0.3, 0.4) is 0 Å². The molecule has 3 nitrogen and oxygen atoms in total. The van der Waals surface area contributed by atoms with E-state index < -0.39 is 5.38 Å². The Kier molecular flexibility index (Phi) is 4.40. The molecule has 60 valence electrons. The molecule has 1 amide bonds. The second-order valence-electron chi connectivity index (χ2n) is 1.96. The van der Waals surface area contributed by atoms with Crippen molar-refractivity contribution in [2.45, 2.75) is 18.4 Å². The quantitative estimate of drug-likeness (QED) is 0.614. The Hall–Kier alpha value is -0.280. The van der Waals surface area contributed by atoms with E-state index in [1.54, 1.807) is 14.0 Å². The Labute approximate surface area is 65.7 Å². The average Bonchev–Trinajstić information content (AvgIpc) is 2.00. The summed E-state index contributed by atoms with van der Waals surface area (Å²) in [6.45, 7) is 1.74. The summed E-state index contributed by atoms with van der Waals surface area (Å²) in [7, 11) is 3.06. The zero-order valence-corrected chi connectivity index (χ0v) is 7.11. The van der Waals surface area contributed by atoms with Gasteiger partial charge in [-0.05, 0) is 6.92 Å². The van der Waals surface area contributed by atoms with Gasteiger partial charge in [-0.1, -0.05) is 0 Å². The molecule has 0 heterocycles. The minimum absolute atomic E-state index is 0.212. The van der Waals surface area contributed by atoms with Crippen LogP contribution in [0.2, 0.25) is 0 Å². The molecule has 2 unspecified atom stereocenters. The summed E-state index contributed by atoms with van der Waals surface area (Å²) < 4.78 is 4.84. The lowest BCUT2D eigenvalue weighted by atomic mass is 10.2. The molecule has 1 N–H and O–H groups in total. The summed E-state index contributed by atoms with van der Waals surface area (Å²) in [5.74, 6) is -0.212. The van der Waals surface area contributed by atoms with Gasteiger partial charge in [-0.15, -0.1) is 11.6 Å². The van der Waals surface area contributed by atoms with Gasteiger partial charge in [-0.25, -0.2) is 0 Å². The average molecular weight is 166 g/mol. The SMILES string of the molecule is CNC(=O)C(Cl)C(C)OC. The van der Waals surface area contributed by atoms with E-state index in [-0.39, 0.29) is 12.0 Å². The van der Waals surface area contributed by atoms with Crippen molar-refractivity contribution in [3.05, 3.63) is 0 Å². The molecule has 0 radical (unpaired) electrons. The van der Waals surface area contributed by atoms with Crippen LogP contribution in [0.1, 0.15) is 6.92 Å². The number of amides is 1. The maximum atomic E-state index is 10.8. The van der Waals surface area contributed by atoms with Gasteiger partial charge in [0.2, 0.25) is 5.91 Å². The molecule has 10 heavy (non-hydrogen) atoms. The highest BCUT2D eigenvalue weighted by Gasteiger charge is 2.20.